The van der Waals surface area contributed by atoms with Crippen LogP contribution in [0.3, 0.4) is 0 Å². The predicted octanol–water partition coefficient (Wildman–Crippen LogP) is 11.4. The van der Waals surface area contributed by atoms with Crippen molar-refractivity contribution in [3.63, 3.8) is 0 Å². The minimum Gasteiger partial charge on any atom is -0.313 e. The van der Waals surface area contributed by atoms with E-state index in [0.29, 0.717) is 53.4 Å². The summed E-state index contributed by atoms with van der Waals surface area (Å²) >= 11 is 0. The molecule has 0 aromatic rings. The Balaban J connectivity index is 1.14. The summed E-state index contributed by atoms with van der Waals surface area (Å²) in [7, 11) is 0. The van der Waals surface area contributed by atoms with E-state index < -0.39 is 0 Å². The summed E-state index contributed by atoms with van der Waals surface area (Å²) in [6, 6.07) is 0.416. The number of hydrogen-bond acceptors (Lipinski definition) is 3. The van der Waals surface area contributed by atoms with Crippen LogP contribution in [0.25, 0.3) is 0 Å². The lowest BCUT2D eigenvalue weighted by atomic mass is 9.66. The van der Waals surface area contributed by atoms with Crippen molar-refractivity contribution in [3.8, 4) is 0 Å². The van der Waals surface area contributed by atoms with Gasteiger partial charge in [0.05, 0.1) is 0 Å². The van der Waals surface area contributed by atoms with E-state index in [1.165, 1.54) is 77.0 Å². The zero-order chi connectivity index (χ0) is 34.0. The van der Waals surface area contributed by atoms with E-state index in [2.05, 4.69) is 104 Å². The van der Waals surface area contributed by atoms with Crippen LogP contribution in [0.2, 0.25) is 0 Å². The first kappa shape index (κ1) is 36.3. The maximum absolute atomic E-state index is 8.74. The highest BCUT2D eigenvalue weighted by atomic mass is 14.9. The second-order valence-corrected chi connectivity index (χ2v) is 16.6. The third-order valence-corrected chi connectivity index (χ3v) is 13.7. The Morgan fingerprint density at radius 3 is 2.67 bits per heavy atom. The highest BCUT2D eigenvalue weighted by Gasteiger charge is 2.36. The lowest BCUT2D eigenvalue weighted by molar-refractivity contribution is 0.194. The Morgan fingerprint density at radius 1 is 1.02 bits per heavy atom. The van der Waals surface area contributed by atoms with Crippen LogP contribution in [-0.2, 0) is 0 Å². The average Bonchev–Trinajstić information content (AvgIpc) is 3.67. The fourth-order valence-electron chi connectivity index (χ4n) is 10.5. The first-order chi connectivity index (χ1) is 24.0. The molecule has 9 unspecified atom stereocenters. The summed E-state index contributed by atoms with van der Waals surface area (Å²) in [4.78, 5) is 4.51. The molecule has 1 aliphatic heterocycles. The second kappa shape index (κ2) is 18.1. The molecule has 0 radical (unpaired) electrons. The number of nitrogens with zero attached hydrogens (tertiary/aromatic N) is 1. The van der Waals surface area contributed by atoms with Crippen LogP contribution in [-0.4, -0.2) is 31.6 Å². The number of allylic oxidation sites excluding steroid dienone is 13. The molecular weight excluding hydrogens is 595 g/mol. The maximum atomic E-state index is 8.74. The van der Waals surface area contributed by atoms with Gasteiger partial charge in [0.15, 0.2) is 0 Å². The minimum absolute atomic E-state index is 0.316. The van der Waals surface area contributed by atoms with Gasteiger partial charge in [-0.2, -0.15) is 0 Å². The summed E-state index contributed by atoms with van der Waals surface area (Å²) in [6.07, 6.45) is 48.2. The standard InChI is InChI=1S/C46H67N3/c1-4-5-12-39-28-41(19-18-33(39)2)38-22-20-36(21-23-38)34(3)44-16-8-9-17-45(44)46(42(30-47)15-10-11-35-26-27-48-31-35)32-49-43-25-24-37-13-6-7-14-40(37)29-43/h5-8,12-14,16,18,24-25,30-31,35-43,45-47,49H,4,9-11,15,17,19-23,26-29,32H2,1-3H3/b12-5-,44-34+,47-30?. The molecule has 49 heavy (non-hydrogen) atoms. The highest BCUT2D eigenvalue weighted by molar-refractivity contribution is 5.62. The van der Waals surface area contributed by atoms with Crippen molar-refractivity contribution in [2.45, 2.75) is 117 Å². The van der Waals surface area contributed by atoms with E-state index in [1.807, 2.05) is 6.21 Å². The largest absolute Gasteiger partial charge is 0.313 e. The molecule has 5 aliphatic carbocycles. The molecule has 0 amide bonds. The van der Waals surface area contributed by atoms with Gasteiger partial charge in [-0.1, -0.05) is 91.3 Å². The number of hydrogen-bond donors (Lipinski definition) is 2. The van der Waals surface area contributed by atoms with Crippen LogP contribution < -0.4 is 5.32 Å². The molecule has 0 aromatic heterocycles. The van der Waals surface area contributed by atoms with Gasteiger partial charge in [0, 0.05) is 24.7 Å². The molecule has 0 spiro atoms. The SMILES string of the molecule is CC/C=C\C1CC(C2CCC(/C(C)=C3\C=CCCC3C(CNC3C=CC4C=CC=CC4C3)C(C=N)CCCC3C=NCC3)CC2)CC=C1C. The molecule has 3 heteroatoms. The Labute approximate surface area is 299 Å². The normalized spacial score (nSPS) is 36.5. The smallest absolute Gasteiger partial charge is 0.0391 e. The van der Waals surface area contributed by atoms with E-state index in [-0.39, 0.29) is 0 Å². The Hall–Kier alpha value is -2.52. The molecular formula is C46H67N3. The fourth-order valence-corrected chi connectivity index (χ4v) is 10.5. The molecule has 0 aromatic carbocycles. The Morgan fingerprint density at radius 2 is 1.88 bits per heavy atom. The van der Waals surface area contributed by atoms with Crippen molar-refractivity contribution < 1.29 is 0 Å². The van der Waals surface area contributed by atoms with E-state index in [1.54, 1.807) is 16.7 Å². The van der Waals surface area contributed by atoms with E-state index in [4.69, 9.17) is 5.41 Å². The van der Waals surface area contributed by atoms with Crippen molar-refractivity contribution in [2.24, 2.45) is 64.2 Å². The van der Waals surface area contributed by atoms with Gasteiger partial charge >= 0.3 is 0 Å². The molecule has 3 nitrogen and oxygen atoms in total. The summed E-state index contributed by atoms with van der Waals surface area (Å²) in [5.74, 6) is 6.24. The van der Waals surface area contributed by atoms with Gasteiger partial charge in [0.1, 0.15) is 0 Å². The van der Waals surface area contributed by atoms with Crippen molar-refractivity contribution >= 4 is 12.4 Å². The summed E-state index contributed by atoms with van der Waals surface area (Å²) < 4.78 is 0. The van der Waals surface area contributed by atoms with Crippen molar-refractivity contribution in [2.75, 3.05) is 13.1 Å². The number of aliphatic imine (C=N–C) groups is 1. The van der Waals surface area contributed by atoms with E-state index in [9.17, 15) is 0 Å². The summed E-state index contributed by atoms with van der Waals surface area (Å²) in [6.45, 7) is 9.11. The van der Waals surface area contributed by atoms with Gasteiger partial charge in [0.25, 0.3) is 0 Å². The molecule has 0 bridgehead atoms. The summed E-state index contributed by atoms with van der Waals surface area (Å²) in [5.41, 5.74) is 4.91. The van der Waals surface area contributed by atoms with Crippen LogP contribution in [0.1, 0.15) is 111 Å². The maximum Gasteiger partial charge on any atom is 0.0391 e. The topological polar surface area (TPSA) is 48.2 Å². The van der Waals surface area contributed by atoms with Crippen molar-refractivity contribution in [3.05, 3.63) is 83.6 Å². The highest BCUT2D eigenvalue weighted by Crippen LogP contribution is 2.46. The van der Waals surface area contributed by atoms with Crippen LogP contribution in [0, 0.1) is 64.6 Å². The van der Waals surface area contributed by atoms with Crippen LogP contribution >= 0.6 is 0 Å². The van der Waals surface area contributed by atoms with Gasteiger partial charge in [-0.3, -0.25) is 4.99 Å². The van der Waals surface area contributed by atoms with Crippen molar-refractivity contribution in [1.82, 2.24) is 5.32 Å². The second-order valence-electron chi connectivity index (χ2n) is 16.6. The van der Waals surface area contributed by atoms with Gasteiger partial charge in [-0.05, 0) is 169 Å². The van der Waals surface area contributed by atoms with Gasteiger partial charge in [-0.15, -0.1) is 0 Å². The lowest BCUT2D eigenvalue weighted by Gasteiger charge is -2.40. The predicted molar refractivity (Wildman–Crippen MR) is 211 cm³/mol. The van der Waals surface area contributed by atoms with Gasteiger partial charge in [0.2, 0.25) is 0 Å². The lowest BCUT2D eigenvalue weighted by Crippen LogP contribution is -2.42. The number of fused-ring (bicyclic) bond motifs is 1. The zero-order valence-corrected chi connectivity index (χ0v) is 31.1. The zero-order valence-electron chi connectivity index (χ0n) is 31.1. The van der Waals surface area contributed by atoms with E-state index >= 15 is 0 Å². The van der Waals surface area contributed by atoms with Crippen LogP contribution in [0.5, 0.6) is 0 Å². The molecule has 1 heterocycles. The van der Waals surface area contributed by atoms with Crippen LogP contribution in [0.15, 0.2) is 88.5 Å². The Kier molecular flexibility index (Phi) is 13.4. The quantitative estimate of drug-likeness (QED) is 0.141. The molecule has 6 rings (SSSR count). The summed E-state index contributed by atoms with van der Waals surface area (Å²) in [5, 5.41) is 12.8. The average molecular weight is 662 g/mol. The molecule has 266 valence electrons. The van der Waals surface area contributed by atoms with Crippen molar-refractivity contribution in [1.29, 1.82) is 5.41 Å². The van der Waals surface area contributed by atoms with Gasteiger partial charge in [-0.25, -0.2) is 0 Å². The first-order valence-electron chi connectivity index (χ1n) is 20.5. The third-order valence-electron chi connectivity index (χ3n) is 13.7. The molecule has 1 fully saturated rings. The number of rotatable bonds is 14. The molecule has 9 atom stereocenters. The Bertz CT molecular complexity index is 1330. The monoisotopic (exact) mass is 662 g/mol. The molecule has 6 aliphatic rings. The molecule has 0 saturated heterocycles. The number of nitrogens with one attached hydrogen (secondary N) is 2. The fraction of sp³-hybridized carbons (Fsp3) is 0.652. The molecule has 2 N–H and O–H groups in total. The van der Waals surface area contributed by atoms with Gasteiger partial charge < -0.3 is 10.7 Å². The minimum atomic E-state index is 0.316. The third kappa shape index (κ3) is 9.43. The first-order valence-corrected chi connectivity index (χ1v) is 20.5. The van der Waals surface area contributed by atoms with Crippen LogP contribution in [0.4, 0.5) is 0 Å². The molecule has 1 saturated carbocycles. The van der Waals surface area contributed by atoms with E-state index in [0.717, 1.165) is 37.8 Å².